The number of amides is 2. The van der Waals surface area contributed by atoms with Crippen molar-refractivity contribution >= 4 is 23.8 Å². The van der Waals surface area contributed by atoms with Crippen molar-refractivity contribution < 1.29 is 14.7 Å². The lowest BCUT2D eigenvalue weighted by Crippen LogP contribution is -2.53. The van der Waals surface area contributed by atoms with Gasteiger partial charge in [0.15, 0.2) is 0 Å². The summed E-state index contributed by atoms with van der Waals surface area (Å²) in [5.74, 6) is 1.27. The highest BCUT2D eigenvalue weighted by Gasteiger charge is 2.29. The smallest absolute Gasteiger partial charge is 0.317 e. The van der Waals surface area contributed by atoms with E-state index < -0.39 is 5.97 Å². The normalized spacial score (nSPS) is 21.3. The van der Waals surface area contributed by atoms with Crippen LogP contribution in [0.15, 0.2) is 0 Å². The highest BCUT2D eigenvalue weighted by Crippen LogP contribution is 2.19. The van der Waals surface area contributed by atoms with E-state index in [4.69, 9.17) is 5.11 Å². The monoisotopic (exact) mass is 288 g/mol. The summed E-state index contributed by atoms with van der Waals surface area (Å²) >= 11 is 1.71. The van der Waals surface area contributed by atoms with Gasteiger partial charge in [-0.15, -0.1) is 0 Å². The van der Waals surface area contributed by atoms with Crippen molar-refractivity contribution in [3.63, 3.8) is 0 Å². The lowest BCUT2D eigenvalue weighted by molar-refractivity contribution is -0.137. The molecule has 0 aromatic rings. The average molecular weight is 288 g/mol. The number of hydrogen-bond donors (Lipinski definition) is 2. The Balaban J connectivity index is 2.54. The molecule has 1 rings (SSSR count). The summed E-state index contributed by atoms with van der Waals surface area (Å²) in [6.45, 7) is 6.85. The molecule has 2 amide bonds. The van der Waals surface area contributed by atoms with E-state index in [2.05, 4.69) is 19.2 Å². The average Bonchev–Trinajstić information content (AvgIpc) is 2.27. The van der Waals surface area contributed by atoms with Crippen LogP contribution in [0.25, 0.3) is 0 Å². The van der Waals surface area contributed by atoms with Gasteiger partial charge in [0.05, 0.1) is 12.5 Å². The number of carboxylic acid groups (broad SMARTS) is 1. The van der Waals surface area contributed by atoms with E-state index >= 15 is 0 Å². The van der Waals surface area contributed by atoms with Crippen molar-refractivity contribution in [3.05, 3.63) is 0 Å². The molecule has 1 saturated heterocycles. The minimum Gasteiger partial charge on any atom is -0.481 e. The van der Waals surface area contributed by atoms with Gasteiger partial charge in [-0.2, -0.15) is 11.8 Å². The molecule has 2 atom stereocenters. The molecule has 19 heavy (non-hydrogen) atoms. The largest absolute Gasteiger partial charge is 0.481 e. The fraction of sp³-hybridized carbons (Fsp3) is 0.846. The van der Waals surface area contributed by atoms with E-state index in [1.54, 1.807) is 16.7 Å². The number of carbonyl (C=O) groups is 2. The van der Waals surface area contributed by atoms with Crippen molar-refractivity contribution in [2.45, 2.75) is 45.7 Å². The van der Waals surface area contributed by atoms with Crippen LogP contribution in [0.1, 0.15) is 33.6 Å². The van der Waals surface area contributed by atoms with Gasteiger partial charge in [0.2, 0.25) is 0 Å². The quantitative estimate of drug-likeness (QED) is 0.812. The topological polar surface area (TPSA) is 69.6 Å². The number of hydrogen-bond acceptors (Lipinski definition) is 3. The molecule has 0 radical (unpaired) electrons. The minimum absolute atomic E-state index is 0.0268. The van der Waals surface area contributed by atoms with Crippen LogP contribution in [-0.2, 0) is 4.79 Å². The van der Waals surface area contributed by atoms with Crippen LogP contribution >= 0.6 is 11.8 Å². The maximum absolute atomic E-state index is 12.2. The van der Waals surface area contributed by atoms with Gasteiger partial charge in [0.25, 0.3) is 0 Å². The molecule has 0 aromatic heterocycles. The Kier molecular flexibility index (Phi) is 6.48. The first-order valence-corrected chi connectivity index (χ1v) is 7.92. The first-order chi connectivity index (χ1) is 8.90. The van der Waals surface area contributed by atoms with Crippen LogP contribution in [0.2, 0.25) is 0 Å². The molecule has 6 heteroatoms. The van der Waals surface area contributed by atoms with Gasteiger partial charge in [-0.1, -0.05) is 13.8 Å². The third kappa shape index (κ3) is 5.72. The van der Waals surface area contributed by atoms with Gasteiger partial charge in [0.1, 0.15) is 0 Å². The number of nitrogens with one attached hydrogen (secondary N) is 1. The predicted octanol–water partition coefficient (Wildman–Crippen LogP) is 2.02. The number of carbonyl (C=O) groups excluding carboxylic acids is 1. The Hall–Kier alpha value is -0.910. The number of thioether (sulfide) groups is 1. The summed E-state index contributed by atoms with van der Waals surface area (Å²) in [6.07, 6.45) is 0.955. The molecule has 1 fully saturated rings. The predicted molar refractivity (Wildman–Crippen MR) is 77.5 cm³/mol. The van der Waals surface area contributed by atoms with Crippen molar-refractivity contribution in [1.82, 2.24) is 10.2 Å². The van der Waals surface area contributed by atoms with Crippen LogP contribution < -0.4 is 5.32 Å². The molecule has 2 N–H and O–H groups in total. The standard InChI is InChI=1S/C13H24N2O3S/c1-9(2)6-10(3)14-13(18)15-4-5-19-8-11(15)7-12(16)17/h9-11H,4-8H2,1-3H3,(H,14,18)(H,16,17). The molecule has 0 saturated carbocycles. The second-order valence-electron chi connectivity index (χ2n) is 5.50. The van der Waals surface area contributed by atoms with E-state index in [-0.39, 0.29) is 24.5 Å². The Morgan fingerprint density at radius 1 is 1.42 bits per heavy atom. The molecular formula is C13H24N2O3S. The second kappa shape index (κ2) is 7.62. The molecule has 5 nitrogen and oxygen atoms in total. The Morgan fingerprint density at radius 2 is 2.11 bits per heavy atom. The van der Waals surface area contributed by atoms with Crippen LogP contribution in [0, 0.1) is 5.92 Å². The van der Waals surface area contributed by atoms with Crippen LogP contribution in [-0.4, -0.2) is 52.1 Å². The van der Waals surface area contributed by atoms with Crippen molar-refractivity contribution in [2.75, 3.05) is 18.1 Å². The summed E-state index contributed by atoms with van der Waals surface area (Å²) in [7, 11) is 0. The van der Waals surface area contributed by atoms with Crippen LogP contribution in [0.4, 0.5) is 4.79 Å². The molecule has 2 unspecified atom stereocenters. The summed E-state index contributed by atoms with van der Waals surface area (Å²) in [4.78, 5) is 24.7. The van der Waals surface area contributed by atoms with Gasteiger partial charge in [-0.05, 0) is 19.3 Å². The molecule has 0 spiro atoms. The minimum atomic E-state index is -0.847. The Labute approximate surface area is 119 Å². The van der Waals surface area contributed by atoms with E-state index in [1.165, 1.54) is 0 Å². The van der Waals surface area contributed by atoms with Gasteiger partial charge < -0.3 is 15.3 Å². The van der Waals surface area contributed by atoms with Crippen LogP contribution in [0.5, 0.6) is 0 Å². The number of nitrogens with zero attached hydrogens (tertiary/aromatic N) is 1. The third-order valence-electron chi connectivity index (χ3n) is 3.09. The van der Waals surface area contributed by atoms with Crippen molar-refractivity contribution in [2.24, 2.45) is 5.92 Å². The first kappa shape index (κ1) is 16.1. The summed E-state index contributed by atoms with van der Waals surface area (Å²) in [5.41, 5.74) is 0. The molecule has 1 aliphatic heterocycles. The van der Waals surface area contributed by atoms with E-state index in [0.717, 1.165) is 12.2 Å². The SMILES string of the molecule is CC(C)CC(C)NC(=O)N1CCSCC1CC(=O)O. The zero-order valence-electron chi connectivity index (χ0n) is 11.9. The molecule has 0 aliphatic carbocycles. The summed E-state index contributed by atoms with van der Waals surface area (Å²) in [6, 6.07) is -0.199. The molecule has 0 aromatic carbocycles. The lowest BCUT2D eigenvalue weighted by atomic mass is 10.1. The molecule has 1 heterocycles. The second-order valence-corrected chi connectivity index (χ2v) is 6.65. The number of rotatable bonds is 5. The fourth-order valence-electron chi connectivity index (χ4n) is 2.35. The van der Waals surface area contributed by atoms with Crippen molar-refractivity contribution in [3.8, 4) is 0 Å². The number of carboxylic acids is 1. The molecule has 110 valence electrons. The Morgan fingerprint density at radius 3 is 2.68 bits per heavy atom. The zero-order chi connectivity index (χ0) is 14.4. The van der Waals surface area contributed by atoms with E-state index in [0.29, 0.717) is 18.2 Å². The summed E-state index contributed by atoms with van der Waals surface area (Å²) < 4.78 is 0. The Bertz CT molecular complexity index is 323. The molecule has 0 bridgehead atoms. The maximum Gasteiger partial charge on any atom is 0.317 e. The first-order valence-electron chi connectivity index (χ1n) is 6.76. The van der Waals surface area contributed by atoms with Gasteiger partial charge in [-0.25, -0.2) is 4.79 Å². The van der Waals surface area contributed by atoms with Gasteiger partial charge in [-0.3, -0.25) is 4.79 Å². The number of urea groups is 1. The van der Waals surface area contributed by atoms with Gasteiger partial charge in [0, 0.05) is 24.1 Å². The van der Waals surface area contributed by atoms with Crippen LogP contribution in [0.3, 0.4) is 0 Å². The highest BCUT2D eigenvalue weighted by molar-refractivity contribution is 7.99. The third-order valence-corrected chi connectivity index (χ3v) is 4.19. The van der Waals surface area contributed by atoms with Gasteiger partial charge >= 0.3 is 12.0 Å². The summed E-state index contributed by atoms with van der Waals surface area (Å²) in [5, 5.41) is 11.9. The lowest BCUT2D eigenvalue weighted by Gasteiger charge is -2.35. The zero-order valence-corrected chi connectivity index (χ0v) is 12.7. The van der Waals surface area contributed by atoms with E-state index in [9.17, 15) is 9.59 Å². The fourth-order valence-corrected chi connectivity index (χ4v) is 3.41. The number of aliphatic carboxylic acids is 1. The highest BCUT2D eigenvalue weighted by atomic mass is 32.2. The molecular weight excluding hydrogens is 264 g/mol. The van der Waals surface area contributed by atoms with E-state index in [1.807, 2.05) is 6.92 Å². The molecule has 1 aliphatic rings. The van der Waals surface area contributed by atoms with Crippen molar-refractivity contribution in [1.29, 1.82) is 0 Å². The maximum atomic E-state index is 12.2.